The number of ether oxygens (including phenoxy) is 11. The summed E-state index contributed by atoms with van der Waals surface area (Å²) in [6.07, 6.45) is -11.2. The molecular formula is C42H50O15. The Balaban J connectivity index is 1.48. The van der Waals surface area contributed by atoms with Crippen LogP contribution in [0.25, 0.3) is 0 Å². The summed E-state index contributed by atoms with van der Waals surface area (Å²) in [4.78, 5) is 48.9. The van der Waals surface area contributed by atoms with Gasteiger partial charge in [-0.05, 0) is 16.7 Å². The molecule has 2 aliphatic heterocycles. The SMILES string of the molecule is CO[C@H]1O[C@H](CO[C@H]2O[C@H](COC(C)=O)[C@@H](OC(C)=O)[C@H](OC(C)=O)[C@H]2OC(C)=O)[C@@H](OCc2ccccc2)[C@H](OCc2ccccc2)[C@H]1OCc1ccccc1. The van der Waals surface area contributed by atoms with Crippen molar-refractivity contribution in [2.75, 3.05) is 20.3 Å². The predicted molar refractivity (Wildman–Crippen MR) is 199 cm³/mol. The summed E-state index contributed by atoms with van der Waals surface area (Å²) in [6, 6.07) is 28.8. The van der Waals surface area contributed by atoms with Crippen molar-refractivity contribution in [3.63, 3.8) is 0 Å². The topological polar surface area (TPSA) is 170 Å². The number of hydrogen-bond acceptors (Lipinski definition) is 15. The molecule has 0 spiro atoms. The quantitative estimate of drug-likeness (QED) is 0.132. The number of benzene rings is 3. The van der Waals surface area contributed by atoms with Crippen molar-refractivity contribution < 1.29 is 71.3 Å². The molecule has 2 fully saturated rings. The van der Waals surface area contributed by atoms with Gasteiger partial charge in [0.1, 0.15) is 37.1 Å². The maximum Gasteiger partial charge on any atom is 0.303 e. The number of methoxy groups -OCH3 is 1. The molecule has 0 saturated carbocycles. The summed E-state index contributed by atoms with van der Waals surface area (Å²) in [6.45, 7) is 4.53. The van der Waals surface area contributed by atoms with Crippen LogP contribution in [0.2, 0.25) is 0 Å². The third kappa shape index (κ3) is 12.9. The monoisotopic (exact) mass is 794 g/mol. The summed E-state index contributed by atoms with van der Waals surface area (Å²) >= 11 is 0. The molecule has 0 aromatic heterocycles. The molecule has 3 aromatic carbocycles. The Kier molecular flexibility index (Phi) is 16.5. The lowest BCUT2D eigenvalue weighted by Crippen LogP contribution is -2.64. The molecule has 15 nitrogen and oxygen atoms in total. The van der Waals surface area contributed by atoms with Crippen LogP contribution in [0, 0.1) is 0 Å². The number of hydrogen-bond donors (Lipinski definition) is 0. The first-order valence-electron chi connectivity index (χ1n) is 18.6. The fraction of sp³-hybridized carbons (Fsp3) is 0.476. The first-order chi connectivity index (χ1) is 27.5. The molecule has 15 heteroatoms. The number of carbonyl (C=O) groups excluding carboxylic acids is 4. The molecule has 2 saturated heterocycles. The lowest BCUT2D eigenvalue weighted by molar-refractivity contribution is -0.342. The van der Waals surface area contributed by atoms with Gasteiger partial charge in [0, 0.05) is 34.8 Å². The van der Waals surface area contributed by atoms with Crippen LogP contribution in [0.3, 0.4) is 0 Å². The van der Waals surface area contributed by atoms with E-state index in [0.717, 1.165) is 37.5 Å². The van der Waals surface area contributed by atoms with Crippen LogP contribution in [0.1, 0.15) is 44.4 Å². The molecule has 2 aliphatic rings. The summed E-state index contributed by atoms with van der Waals surface area (Å²) in [5, 5.41) is 0. The van der Waals surface area contributed by atoms with Gasteiger partial charge in [0.15, 0.2) is 30.9 Å². The number of rotatable bonds is 18. The molecule has 5 rings (SSSR count). The van der Waals surface area contributed by atoms with E-state index < -0.39 is 91.9 Å². The van der Waals surface area contributed by atoms with Gasteiger partial charge < -0.3 is 52.1 Å². The Morgan fingerprint density at radius 3 is 1.35 bits per heavy atom. The van der Waals surface area contributed by atoms with E-state index in [9.17, 15) is 19.2 Å². The summed E-state index contributed by atoms with van der Waals surface area (Å²) < 4.78 is 66.7. The van der Waals surface area contributed by atoms with E-state index in [1.165, 1.54) is 14.0 Å². The molecule has 0 N–H and O–H groups in total. The van der Waals surface area contributed by atoms with Crippen LogP contribution < -0.4 is 0 Å². The average Bonchev–Trinajstić information content (AvgIpc) is 3.19. The predicted octanol–water partition coefficient (Wildman–Crippen LogP) is 4.21. The highest BCUT2D eigenvalue weighted by atomic mass is 16.8. The minimum Gasteiger partial charge on any atom is -0.463 e. The minimum atomic E-state index is -1.46. The smallest absolute Gasteiger partial charge is 0.303 e. The van der Waals surface area contributed by atoms with Gasteiger partial charge in [-0.15, -0.1) is 0 Å². The lowest BCUT2D eigenvalue weighted by atomic mass is 9.97. The Morgan fingerprint density at radius 1 is 0.456 bits per heavy atom. The van der Waals surface area contributed by atoms with Gasteiger partial charge in [0.2, 0.25) is 0 Å². The molecule has 3 aromatic rings. The zero-order chi connectivity index (χ0) is 40.7. The molecular weight excluding hydrogens is 744 g/mol. The van der Waals surface area contributed by atoms with Crippen LogP contribution in [-0.4, -0.2) is 106 Å². The maximum absolute atomic E-state index is 12.5. The highest BCUT2D eigenvalue weighted by molar-refractivity contribution is 5.68. The molecule has 0 aliphatic carbocycles. The van der Waals surface area contributed by atoms with Gasteiger partial charge in [-0.1, -0.05) is 91.0 Å². The van der Waals surface area contributed by atoms with Crippen molar-refractivity contribution >= 4 is 23.9 Å². The van der Waals surface area contributed by atoms with Crippen LogP contribution in [0.5, 0.6) is 0 Å². The van der Waals surface area contributed by atoms with Crippen molar-refractivity contribution in [1.82, 2.24) is 0 Å². The highest BCUT2D eigenvalue weighted by Gasteiger charge is 2.54. The molecule has 308 valence electrons. The molecule has 0 radical (unpaired) electrons. The second-order valence-electron chi connectivity index (χ2n) is 13.5. The van der Waals surface area contributed by atoms with E-state index in [1.54, 1.807) is 0 Å². The maximum atomic E-state index is 12.5. The minimum absolute atomic E-state index is 0.165. The van der Waals surface area contributed by atoms with E-state index in [2.05, 4.69) is 0 Å². The number of esters is 4. The van der Waals surface area contributed by atoms with E-state index >= 15 is 0 Å². The average molecular weight is 795 g/mol. The van der Waals surface area contributed by atoms with Crippen molar-refractivity contribution in [3.8, 4) is 0 Å². The van der Waals surface area contributed by atoms with Crippen molar-refractivity contribution in [2.24, 2.45) is 0 Å². The van der Waals surface area contributed by atoms with Gasteiger partial charge in [-0.2, -0.15) is 0 Å². The summed E-state index contributed by atoms with van der Waals surface area (Å²) in [5.74, 6) is -2.93. The van der Waals surface area contributed by atoms with Crippen LogP contribution in [0.15, 0.2) is 91.0 Å². The van der Waals surface area contributed by atoms with Gasteiger partial charge in [-0.25, -0.2) is 0 Å². The second kappa shape index (κ2) is 21.7. The molecule has 0 amide bonds. The Labute approximate surface area is 331 Å². The first kappa shape index (κ1) is 43.4. The van der Waals surface area contributed by atoms with E-state index in [4.69, 9.17) is 52.1 Å². The summed E-state index contributed by atoms with van der Waals surface area (Å²) in [7, 11) is 1.49. The van der Waals surface area contributed by atoms with Crippen LogP contribution in [-0.2, 0) is 91.1 Å². The van der Waals surface area contributed by atoms with Gasteiger partial charge in [0.25, 0.3) is 0 Å². The Bertz CT molecular complexity index is 1710. The van der Waals surface area contributed by atoms with Crippen LogP contribution in [0.4, 0.5) is 0 Å². The van der Waals surface area contributed by atoms with Crippen LogP contribution >= 0.6 is 0 Å². The fourth-order valence-electron chi connectivity index (χ4n) is 6.58. The first-order valence-corrected chi connectivity index (χ1v) is 18.6. The van der Waals surface area contributed by atoms with E-state index in [-0.39, 0.29) is 26.4 Å². The number of carbonyl (C=O) groups is 4. The molecule has 2 heterocycles. The molecule has 0 unspecified atom stereocenters. The third-order valence-corrected chi connectivity index (χ3v) is 9.05. The van der Waals surface area contributed by atoms with E-state index in [0.29, 0.717) is 0 Å². The zero-order valence-corrected chi connectivity index (χ0v) is 32.6. The van der Waals surface area contributed by atoms with Gasteiger partial charge in [-0.3, -0.25) is 19.2 Å². The molecule has 10 atom stereocenters. The van der Waals surface area contributed by atoms with Crippen molar-refractivity contribution in [1.29, 1.82) is 0 Å². The normalized spacial score (nSPS) is 27.2. The Morgan fingerprint density at radius 2 is 0.877 bits per heavy atom. The lowest BCUT2D eigenvalue weighted by Gasteiger charge is -2.47. The second-order valence-corrected chi connectivity index (χ2v) is 13.5. The van der Waals surface area contributed by atoms with Gasteiger partial charge >= 0.3 is 23.9 Å². The fourth-order valence-corrected chi connectivity index (χ4v) is 6.58. The third-order valence-electron chi connectivity index (χ3n) is 9.05. The van der Waals surface area contributed by atoms with E-state index in [1.807, 2.05) is 91.0 Å². The standard InChI is InChI=1S/C42H50O15/c1-26(43)48-24-34-36(53-27(2)44)38(54-28(3)45)40(55-29(4)46)42(57-34)52-25-33-35(49-21-30-15-9-6-10-16-30)37(50-22-31-17-11-7-12-18-31)39(41(47-5)56-33)51-23-32-19-13-8-14-20-32/h6-20,33-42H,21-25H2,1-5H3/t33-,34-,35-,36-,37+,38+,39-,40-,41+,42+/m1/s1. The summed E-state index contributed by atoms with van der Waals surface area (Å²) in [5.41, 5.74) is 2.71. The van der Waals surface area contributed by atoms with Crippen molar-refractivity contribution in [2.45, 2.75) is 109 Å². The zero-order valence-electron chi connectivity index (χ0n) is 32.6. The Hall–Kier alpha value is -4.74. The van der Waals surface area contributed by atoms with Gasteiger partial charge in [0.05, 0.1) is 26.4 Å². The molecule has 57 heavy (non-hydrogen) atoms. The van der Waals surface area contributed by atoms with Crippen molar-refractivity contribution in [3.05, 3.63) is 108 Å². The highest BCUT2D eigenvalue weighted by Crippen LogP contribution is 2.34. The largest absolute Gasteiger partial charge is 0.463 e. The molecule has 0 bridgehead atoms.